The Balaban J connectivity index is 1.73. The quantitative estimate of drug-likeness (QED) is 0.656. The number of carbonyl (C=O) groups is 2. The van der Waals surface area contributed by atoms with Gasteiger partial charge >= 0.3 is 5.97 Å². The molecule has 3 rings (SSSR count). The van der Waals surface area contributed by atoms with Crippen LogP contribution in [0, 0.1) is 13.8 Å². The van der Waals surface area contributed by atoms with Crippen molar-refractivity contribution in [3.8, 4) is 11.3 Å². The maximum Gasteiger partial charge on any atom is 0.351 e. The van der Waals surface area contributed by atoms with Crippen molar-refractivity contribution in [1.29, 1.82) is 0 Å². The number of benzene rings is 2. The lowest BCUT2D eigenvalue weighted by Gasteiger charge is -2.13. The highest BCUT2D eigenvalue weighted by Gasteiger charge is 2.24. The summed E-state index contributed by atoms with van der Waals surface area (Å²) in [7, 11) is 0. The zero-order chi connectivity index (χ0) is 19.4. The fourth-order valence-corrected chi connectivity index (χ4v) is 3.42. The Morgan fingerprint density at radius 1 is 1.07 bits per heavy atom. The van der Waals surface area contributed by atoms with Crippen LogP contribution in [0.5, 0.6) is 0 Å². The molecule has 0 fully saturated rings. The van der Waals surface area contributed by atoms with E-state index in [2.05, 4.69) is 10.3 Å². The van der Waals surface area contributed by atoms with Crippen LogP contribution in [0.3, 0.4) is 0 Å². The molecule has 0 saturated heterocycles. The number of hydrogen-bond acceptors (Lipinski definition) is 5. The molecule has 2 aromatic carbocycles. The molecule has 0 aliphatic rings. The van der Waals surface area contributed by atoms with Crippen molar-refractivity contribution in [2.45, 2.75) is 26.9 Å². The molecule has 138 valence electrons. The number of thiazole rings is 1. The number of nitrogens with zero attached hydrogens (tertiary/aromatic N) is 1. The third-order valence-electron chi connectivity index (χ3n) is 3.91. The summed E-state index contributed by atoms with van der Waals surface area (Å²) < 4.78 is 5.40. The van der Waals surface area contributed by atoms with Gasteiger partial charge in [-0.05, 0) is 38.5 Å². The molecule has 0 spiro atoms. The third-order valence-corrected chi connectivity index (χ3v) is 4.86. The molecule has 0 bridgehead atoms. The highest BCUT2D eigenvalue weighted by Crippen LogP contribution is 2.29. The predicted molar refractivity (Wildman–Crippen MR) is 107 cm³/mol. The average Bonchev–Trinajstić information content (AvgIpc) is 3.04. The Bertz CT molecular complexity index is 967. The molecule has 3 aromatic rings. The van der Waals surface area contributed by atoms with Gasteiger partial charge < -0.3 is 10.1 Å². The first-order valence-corrected chi connectivity index (χ1v) is 9.37. The van der Waals surface area contributed by atoms with Gasteiger partial charge in [-0.15, -0.1) is 11.3 Å². The van der Waals surface area contributed by atoms with Gasteiger partial charge in [0.2, 0.25) is 0 Å². The summed E-state index contributed by atoms with van der Waals surface area (Å²) in [6.07, 6.45) is -0.927. The molecule has 0 radical (unpaired) electrons. The zero-order valence-electron chi connectivity index (χ0n) is 15.4. The lowest BCUT2D eigenvalue weighted by atomic mass is 10.1. The lowest BCUT2D eigenvalue weighted by molar-refractivity contribution is -0.123. The van der Waals surface area contributed by atoms with Crippen LogP contribution in [0.4, 0.5) is 5.69 Å². The van der Waals surface area contributed by atoms with E-state index in [1.54, 1.807) is 13.0 Å². The number of carbonyl (C=O) groups excluding carboxylic acids is 2. The number of nitrogens with one attached hydrogen (secondary N) is 1. The van der Waals surface area contributed by atoms with E-state index in [9.17, 15) is 9.59 Å². The lowest BCUT2D eigenvalue weighted by Crippen LogP contribution is -2.29. The predicted octanol–water partition coefficient (Wildman–Crippen LogP) is 4.61. The smallest absolute Gasteiger partial charge is 0.351 e. The summed E-state index contributed by atoms with van der Waals surface area (Å²) in [5, 5.41) is 3.52. The molecule has 1 heterocycles. The normalized spacial score (nSPS) is 11.7. The molecule has 6 heteroatoms. The number of hydrogen-bond donors (Lipinski definition) is 1. The molecular weight excluding hydrogens is 360 g/mol. The number of amides is 1. The van der Waals surface area contributed by atoms with Gasteiger partial charge in [-0.2, -0.15) is 0 Å². The van der Waals surface area contributed by atoms with E-state index in [1.165, 1.54) is 11.3 Å². The number of esters is 1. The summed E-state index contributed by atoms with van der Waals surface area (Å²) in [6.45, 7) is 5.33. The van der Waals surface area contributed by atoms with Gasteiger partial charge in [0.25, 0.3) is 5.91 Å². The van der Waals surface area contributed by atoms with E-state index in [0.29, 0.717) is 16.3 Å². The molecular formula is C21H20N2O3S. The van der Waals surface area contributed by atoms with Crippen LogP contribution in [0.2, 0.25) is 0 Å². The zero-order valence-corrected chi connectivity index (χ0v) is 16.2. The number of ether oxygens (including phenoxy) is 1. The summed E-state index contributed by atoms with van der Waals surface area (Å²) in [5.41, 5.74) is 3.12. The maximum absolute atomic E-state index is 12.6. The van der Waals surface area contributed by atoms with Gasteiger partial charge in [-0.25, -0.2) is 9.78 Å². The molecule has 27 heavy (non-hydrogen) atoms. The number of aryl methyl sites for hydroxylation is 2. The topological polar surface area (TPSA) is 68.3 Å². The fraction of sp³-hybridized carbons (Fsp3) is 0.190. The van der Waals surface area contributed by atoms with Gasteiger partial charge in [-0.3, -0.25) is 4.79 Å². The van der Waals surface area contributed by atoms with Gasteiger partial charge in [0.15, 0.2) is 6.10 Å². The maximum atomic E-state index is 12.6. The van der Waals surface area contributed by atoms with Crippen molar-refractivity contribution in [3.05, 3.63) is 70.0 Å². The first-order valence-electron chi connectivity index (χ1n) is 8.55. The number of aromatic nitrogens is 1. The van der Waals surface area contributed by atoms with Crippen LogP contribution in [-0.4, -0.2) is 23.0 Å². The van der Waals surface area contributed by atoms with Gasteiger partial charge in [-0.1, -0.05) is 42.5 Å². The molecule has 1 aromatic heterocycles. The monoisotopic (exact) mass is 380 g/mol. The molecule has 0 aliphatic carbocycles. The van der Waals surface area contributed by atoms with E-state index in [-0.39, 0.29) is 5.91 Å². The van der Waals surface area contributed by atoms with Crippen LogP contribution in [0.1, 0.15) is 27.2 Å². The number of anilines is 1. The van der Waals surface area contributed by atoms with Crippen LogP contribution < -0.4 is 5.32 Å². The van der Waals surface area contributed by atoms with E-state index >= 15 is 0 Å². The Labute approximate surface area is 162 Å². The van der Waals surface area contributed by atoms with E-state index in [4.69, 9.17) is 4.74 Å². The van der Waals surface area contributed by atoms with Crippen molar-refractivity contribution in [1.82, 2.24) is 4.98 Å². The molecule has 0 aliphatic heterocycles. The number of rotatable bonds is 5. The first-order chi connectivity index (χ1) is 12.9. The second kappa shape index (κ2) is 8.14. The molecule has 5 nitrogen and oxygen atoms in total. The minimum Gasteiger partial charge on any atom is -0.448 e. The molecule has 1 amide bonds. The van der Waals surface area contributed by atoms with Crippen molar-refractivity contribution >= 4 is 28.9 Å². The Hall–Kier alpha value is -2.99. The Morgan fingerprint density at radius 2 is 1.81 bits per heavy atom. The highest BCUT2D eigenvalue weighted by atomic mass is 32.1. The van der Waals surface area contributed by atoms with Crippen molar-refractivity contribution in [2.24, 2.45) is 0 Å². The summed E-state index contributed by atoms with van der Waals surface area (Å²) >= 11 is 1.26. The second-order valence-electron chi connectivity index (χ2n) is 6.18. The standard InChI is InChI=1S/C21H20N2O3S/c1-13-8-7-11-17(12-13)23-20(24)14(2)26-21(25)19-18(22-15(3)27-19)16-9-5-4-6-10-16/h4-12,14H,1-3H3,(H,23,24)/t14-/m0/s1. The Morgan fingerprint density at radius 3 is 2.52 bits per heavy atom. The summed E-state index contributed by atoms with van der Waals surface area (Å²) in [5.74, 6) is -0.928. The molecule has 0 saturated carbocycles. The van der Waals surface area contributed by atoms with Gasteiger partial charge in [0.1, 0.15) is 4.88 Å². The van der Waals surface area contributed by atoms with Crippen molar-refractivity contribution in [3.63, 3.8) is 0 Å². The Kier molecular flexibility index (Phi) is 5.66. The fourth-order valence-electron chi connectivity index (χ4n) is 2.59. The molecule has 1 atom stereocenters. The van der Waals surface area contributed by atoms with Crippen LogP contribution in [0.15, 0.2) is 54.6 Å². The van der Waals surface area contributed by atoms with E-state index < -0.39 is 12.1 Å². The SMILES string of the molecule is Cc1cccc(NC(=O)[C@H](C)OC(=O)c2sc(C)nc2-c2ccccc2)c1. The third kappa shape index (κ3) is 4.60. The summed E-state index contributed by atoms with van der Waals surface area (Å²) in [6, 6.07) is 16.9. The van der Waals surface area contributed by atoms with Gasteiger partial charge in [0.05, 0.1) is 10.7 Å². The minimum absolute atomic E-state index is 0.378. The van der Waals surface area contributed by atoms with E-state index in [0.717, 1.165) is 16.1 Å². The second-order valence-corrected chi connectivity index (χ2v) is 7.39. The largest absolute Gasteiger partial charge is 0.448 e. The average molecular weight is 380 g/mol. The van der Waals surface area contributed by atoms with Crippen LogP contribution >= 0.6 is 11.3 Å². The minimum atomic E-state index is -0.927. The van der Waals surface area contributed by atoms with E-state index in [1.807, 2.05) is 62.4 Å². The highest BCUT2D eigenvalue weighted by molar-refractivity contribution is 7.14. The van der Waals surface area contributed by atoms with Crippen LogP contribution in [-0.2, 0) is 9.53 Å². The van der Waals surface area contributed by atoms with Crippen molar-refractivity contribution in [2.75, 3.05) is 5.32 Å². The first kappa shape index (κ1) is 18.8. The summed E-state index contributed by atoms with van der Waals surface area (Å²) in [4.78, 5) is 29.8. The molecule has 1 N–H and O–H groups in total. The van der Waals surface area contributed by atoms with Crippen LogP contribution in [0.25, 0.3) is 11.3 Å². The van der Waals surface area contributed by atoms with Crippen molar-refractivity contribution < 1.29 is 14.3 Å². The van der Waals surface area contributed by atoms with Gasteiger partial charge in [0, 0.05) is 11.3 Å². The molecule has 0 unspecified atom stereocenters.